The predicted octanol–water partition coefficient (Wildman–Crippen LogP) is 3.82. The average Bonchev–Trinajstić information content (AvgIpc) is 2.89. The van der Waals surface area contributed by atoms with E-state index in [1.54, 1.807) is 11.1 Å². The summed E-state index contributed by atoms with van der Waals surface area (Å²) in [6.07, 6.45) is 0.0599. The second-order valence-electron chi connectivity index (χ2n) is 5.40. The van der Waals surface area contributed by atoms with Crippen molar-refractivity contribution in [3.8, 4) is 0 Å². The molecule has 0 bridgehead atoms. The van der Waals surface area contributed by atoms with Crippen molar-refractivity contribution in [1.82, 2.24) is 9.88 Å². The van der Waals surface area contributed by atoms with E-state index in [0.29, 0.717) is 25.0 Å². The molecule has 0 atom stereocenters. The summed E-state index contributed by atoms with van der Waals surface area (Å²) < 4.78 is 38.2. The molecule has 2 aromatic rings. The molecule has 1 aromatic heterocycles. The number of amides is 1. The number of nitrogens with one attached hydrogen (secondary N) is 1. The van der Waals surface area contributed by atoms with Gasteiger partial charge in [0.05, 0.1) is 5.56 Å². The van der Waals surface area contributed by atoms with Crippen molar-refractivity contribution in [3.63, 3.8) is 0 Å². The van der Waals surface area contributed by atoms with Crippen LogP contribution in [0.2, 0.25) is 0 Å². The Morgan fingerprint density at radius 3 is 2.68 bits per heavy atom. The summed E-state index contributed by atoms with van der Waals surface area (Å²) >= 11 is 0. The minimum Gasteiger partial charge on any atom is -0.361 e. The molecule has 1 amide bonds. The number of benzene rings is 1. The standard InChI is InChI=1S/C16H15F3N2O/c1-10(22)21-6-4-11(5-7-21)14-9-20-15-8-12(16(17,18)19)2-3-13(14)15/h2-4,8-9,20H,5-7H2,1H3. The molecule has 3 nitrogen and oxygen atoms in total. The Morgan fingerprint density at radius 2 is 2.09 bits per heavy atom. The lowest BCUT2D eigenvalue weighted by Crippen LogP contribution is -2.32. The van der Waals surface area contributed by atoms with E-state index in [0.717, 1.165) is 28.7 Å². The largest absolute Gasteiger partial charge is 0.416 e. The van der Waals surface area contributed by atoms with Crippen LogP contribution in [0.25, 0.3) is 16.5 Å². The lowest BCUT2D eigenvalue weighted by atomic mass is 9.98. The lowest BCUT2D eigenvalue weighted by molar-refractivity contribution is -0.137. The fourth-order valence-corrected chi connectivity index (χ4v) is 2.77. The van der Waals surface area contributed by atoms with Crippen LogP contribution in [0.4, 0.5) is 13.2 Å². The van der Waals surface area contributed by atoms with Gasteiger partial charge in [0.1, 0.15) is 0 Å². The van der Waals surface area contributed by atoms with Gasteiger partial charge < -0.3 is 9.88 Å². The van der Waals surface area contributed by atoms with E-state index < -0.39 is 11.7 Å². The first-order chi connectivity index (χ1) is 10.4. The quantitative estimate of drug-likeness (QED) is 0.854. The lowest BCUT2D eigenvalue weighted by Gasteiger charge is -2.25. The van der Waals surface area contributed by atoms with E-state index >= 15 is 0 Å². The SMILES string of the molecule is CC(=O)N1CC=C(c2c[nH]c3cc(C(F)(F)F)ccc23)CC1. The highest BCUT2D eigenvalue weighted by molar-refractivity contribution is 5.93. The maximum absolute atomic E-state index is 12.7. The second-order valence-corrected chi connectivity index (χ2v) is 5.40. The van der Waals surface area contributed by atoms with E-state index in [9.17, 15) is 18.0 Å². The van der Waals surface area contributed by atoms with Crippen molar-refractivity contribution in [2.24, 2.45) is 0 Å². The Kier molecular flexibility index (Phi) is 3.47. The topological polar surface area (TPSA) is 36.1 Å². The molecule has 0 fully saturated rings. The van der Waals surface area contributed by atoms with Gasteiger partial charge in [-0.3, -0.25) is 4.79 Å². The molecule has 0 radical (unpaired) electrons. The van der Waals surface area contributed by atoms with Crippen molar-refractivity contribution in [2.45, 2.75) is 19.5 Å². The number of nitrogens with zero attached hydrogens (tertiary/aromatic N) is 1. The van der Waals surface area contributed by atoms with Crippen LogP contribution in [0.3, 0.4) is 0 Å². The van der Waals surface area contributed by atoms with Crippen LogP contribution in [0.15, 0.2) is 30.5 Å². The zero-order valence-electron chi connectivity index (χ0n) is 12.0. The minimum absolute atomic E-state index is 0.0315. The van der Waals surface area contributed by atoms with Crippen molar-refractivity contribution in [3.05, 3.63) is 41.6 Å². The summed E-state index contributed by atoms with van der Waals surface area (Å²) in [6.45, 7) is 2.70. The third kappa shape index (κ3) is 2.61. The molecule has 22 heavy (non-hydrogen) atoms. The highest BCUT2D eigenvalue weighted by atomic mass is 19.4. The smallest absolute Gasteiger partial charge is 0.361 e. The van der Waals surface area contributed by atoms with E-state index in [1.807, 2.05) is 6.08 Å². The van der Waals surface area contributed by atoms with Gasteiger partial charge in [-0.1, -0.05) is 12.1 Å². The van der Waals surface area contributed by atoms with E-state index in [2.05, 4.69) is 4.98 Å². The first kappa shape index (κ1) is 14.7. The first-order valence-corrected chi connectivity index (χ1v) is 6.99. The molecule has 1 aliphatic heterocycles. The molecule has 1 N–H and O–H groups in total. The molecule has 0 saturated carbocycles. The van der Waals surface area contributed by atoms with E-state index in [-0.39, 0.29) is 5.91 Å². The summed E-state index contributed by atoms with van der Waals surface area (Å²) in [7, 11) is 0. The molecule has 1 aromatic carbocycles. The summed E-state index contributed by atoms with van der Waals surface area (Å²) in [4.78, 5) is 16.0. The number of fused-ring (bicyclic) bond motifs is 1. The number of hydrogen-bond donors (Lipinski definition) is 1. The number of carbonyl (C=O) groups excluding carboxylic acids is 1. The van der Waals surface area contributed by atoms with Crippen molar-refractivity contribution >= 4 is 22.4 Å². The molecule has 3 rings (SSSR count). The normalized spacial score (nSPS) is 16.0. The van der Waals surface area contributed by atoms with E-state index in [1.165, 1.54) is 13.0 Å². The minimum atomic E-state index is -4.34. The maximum Gasteiger partial charge on any atom is 0.416 e. The number of halogens is 3. The van der Waals surface area contributed by atoms with Gasteiger partial charge in [-0.15, -0.1) is 0 Å². The van der Waals surface area contributed by atoms with Crippen LogP contribution >= 0.6 is 0 Å². The average molecular weight is 308 g/mol. The fraction of sp³-hybridized carbons (Fsp3) is 0.312. The maximum atomic E-state index is 12.7. The van der Waals surface area contributed by atoms with Crippen LogP contribution in [0.1, 0.15) is 24.5 Å². The van der Waals surface area contributed by atoms with Gasteiger partial charge in [-0.2, -0.15) is 13.2 Å². The molecule has 0 spiro atoms. The summed E-state index contributed by atoms with van der Waals surface area (Å²) in [5.74, 6) is 0.0315. The van der Waals surface area contributed by atoms with Gasteiger partial charge in [0, 0.05) is 42.7 Å². The highest BCUT2D eigenvalue weighted by Gasteiger charge is 2.30. The molecular formula is C16H15F3N2O. The Labute approximate surface area is 125 Å². The summed E-state index contributed by atoms with van der Waals surface area (Å²) in [5, 5.41) is 0.774. The monoisotopic (exact) mass is 308 g/mol. The number of carbonyl (C=O) groups is 1. The fourth-order valence-electron chi connectivity index (χ4n) is 2.77. The van der Waals surface area contributed by atoms with Crippen molar-refractivity contribution in [1.29, 1.82) is 0 Å². The second kappa shape index (κ2) is 5.19. The highest BCUT2D eigenvalue weighted by Crippen LogP contribution is 2.34. The summed E-state index contributed by atoms with van der Waals surface area (Å²) in [5.41, 5.74) is 1.78. The Morgan fingerprint density at radius 1 is 1.32 bits per heavy atom. The molecule has 2 heterocycles. The Balaban J connectivity index is 1.95. The van der Waals surface area contributed by atoms with Crippen LogP contribution in [0.5, 0.6) is 0 Å². The van der Waals surface area contributed by atoms with Crippen LogP contribution < -0.4 is 0 Å². The third-order valence-electron chi connectivity index (χ3n) is 4.01. The van der Waals surface area contributed by atoms with Gasteiger partial charge in [0.25, 0.3) is 0 Å². The van der Waals surface area contributed by atoms with Crippen molar-refractivity contribution < 1.29 is 18.0 Å². The van der Waals surface area contributed by atoms with Crippen LogP contribution in [-0.2, 0) is 11.0 Å². The number of H-pyrrole nitrogens is 1. The predicted molar refractivity (Wildman–Crippen MR) is 78.1 cm³/mol. The van der Waals surface area contributed by atoms with Crippen LogP contribution in [-0.4, -0.2) is 28.9 Å². The number of hydrogen-bond acceptors (Lipinski definition) is 1. The van der Waals surface area contributed by atoms with Gasteiger partial charge >= 0.3 is 6.18 Å². The summed E-state index contributed by atoms with van der Waals surface area (Å²) in [6, 6.07) is 3.73. The van der Waals surface area contributed by atoms with Gasteiger partial charge in [0.2, 0.25) is 5.91 Å². The number of aromatic amines is 1. The van der Waals surface area contributed by atoms with Gasteiger partial charge in [-0.25, -0.2) is 0 Å². The van der Waals surface area contributed by atoms with E-state index in [4.69, 9.17) is 0 Å². The van der Waals surface area contributed by atoms with Crippen molar-refractivity contribution in [2.75, 3.05) is 13.1 Å². The molecule has 6 heteroatoms. The molecular weight excluding hydrogens is 293 g/mol. The molecule has 116 valence electrons. The van der Waals surface area contributed by atoms with Gasteiger partial charge in [-0.05, 0) is 24.1 Å². The molecule has 0 unspecified atom stereocenters. The zero-order chi connectivity index (χ0) is 15.9. The van der Waals surface area contributed by atoms with Crippen LogP contribution in [0, 0.1) is 0 Å². The van der Waals surface area contributed by atoms with Gasteiger partial charge in [0.15, 0.2) is 0 Å². The number of aromatic nitrogens is 1. The first-order valence-electron chi connectivity index (χ1n) is 6.99. The number of alkyl halides is 3. The molecule has 0 saturated heterocycles. The third-order valence-corrected chi connectivity index (χ3v) is 4.01. The Bertz CT molecular complexity index is 758. The number of rotatable bonds is 1. The molecule has 1 aliphatic rings. The zero-order valence-corrected chi connectivity index (χ0v) is 12.0. The Hall–Kier alpha value is -2.24. The molecule has 0 aliphatic carbocycles.